The van der Waals surface area contributed by atoms with E-state index < -0.39 is 17.5 Å². The van der Waals surface area contributed by atoms with Gasteiger partial charge in [0.15, 0.2) is 0 Å². The summed E-state index contributed by atoms with van der Waals surface area (Å²) in [7, 11) is 0. The number of carboxylic acids is 1. The minimum Gasteiger partial charge on any atom is -0.481 e. The fourth-order valence-electron chi connectivity index (χ4n) is 11.2. The summed E-state index contributed by atoms with van der Waals surface area (Å²) in [5, 5.41) is 10.5. The van der Waals surface area contributed by atoms with E-state index in [1.165, 1.54) is 32.6 Å². The van der Waals surface area contributed by atoms with Crippen LogP contribution in [0.1, 0.15) is 113 Å². The van der Waals surface area contributed by atoms with E-state index in [4.69, 9.17) is 4.74 Å². The van der Waals surface area contributed by atoms with Crippen molar-refractivity contribution in [1.82, 2.24) is 0 Å². The Labute approximate surface area is 219 Å². The smallest absolute Gasteiger partial charge is 0.313 e. The highest BCUT2D eigenvalue weighted by molar-refractivity contribution is 5.77. The van der Waals surface area contributed by atoms with Crippen LogP contribution in [0, 0.1) is 56.7 Å². The van der Waals surface area contributed by atoms with Crippen LogP contribution in [-0.2, 0) is 14.3 Å². The van der Waals surface area contributed by atoms with Crippen LogP contribution in [0.5, 0.6) is 0 Å². The summed E-state index contributed by atoms with van der Waals surface area (Å²) in [5.41, 5.74) is 1.40. The van der Waals surface area contributed by atoms with E-state index in [1.807, 2.05) is 6.92 Å². The molecule has 0 bridgehead atoms. The summed E-state index contributed by atoms with van der Waals surface area (Å²) in [6.45, 7) is 18.4. The summed E-state index contributed by atoms with van der Waals surface area (Å²) in [5.74, 6) is 1.47. The lowest BCUT2D eigenvalue weighted by Gasteiger charge is -2.71. The van der Waals surface area contributed by atoms with Crippen molar-refractivity contribution in [3.8, 4) is 0 Å². The maximum absolute atomic E-state index is 12.9. The minimum absolute atomic E-state index is 0.0136. The Hall–Kier alpha value is -1.32. The van der Waals surface area contributed by atoms with Gasteiger partial charge in [-0.15, -0.1) is 0 Å². The Morgan fingerprint density at radius 3 is 2.25 bits per heavy atom. The first-order valence-electron chi connectivity index (χ1n) is 14.8. The van der Waals surface area contributed by atoms with Gasteiger partial charge in [0, 0.05) is 6.92 Å². The van der Waals surface area contributed by atoms with Crippen LogP contribution in [0.2, 0.25) is 0 Å². The molecule has 3 unspecified atom stereocenters. The topological polar surface area (TPSA) is 63.6 Å². The largest absolute Gasteiger partial charge is 0.481 e. The lowest BCUT2D eigenvalue weighted by Crippen LogP contribution is -2.66. The summed E-state index contributed by atoms with van der Waals surface area (Å²) < 4.78 is 5.69. The Bertz CT molecular complexity index is 985. The van der Waals surface area contributed by atoms with Crippen LogP contribution < -0.4 is 0 Å². The highest BCUT2D eigenvalue weighted by atomic mass is 16.5. The third-order valence-corrected chi connectivity index (χ3v) is 13.8. The molecule has 0 radical (unpaired) electrons. The maximum Gasteiger partial charge on any atom is 0.313 e. The van der Waals surface area contributed by atoms with Gasteiger partial charge in [0.1, 0.15) is 11.5 Å². The van der Waals surface area contributed by atoms with E-state index in [0.29, 0.717) is 23.7 Å². The number of rotatable bonds is 2. The summed E-state index contributed by atoms with van der Waals surface area (Å²) in [4.78, 5) is 24.8. The number of fused-ring (bicyclic) bond motifs is 7. The molecule has 5 aliphatic carbocycles. The lowest BCUT2D eigenvalue weighted by molar-refractivity contribution is -0.223. The summed E-state index contributed by atoms with van der Waals surface area (Å²) in [6.07, 6.45) is 12.0. The van der Waals surface area contributed by atoms with E-state index >= 15 is 0 Å². The lowest BCUT2D eigenvalue weighted by atomic mass is 9.33. The van der Waals surface area contributed by atoms with Gasteiger partial charge in [0.05, 0.1) is 0 Å². The molecule has 4 fully saturated rings. The van der Waals surface area contributed by atoms with Gasteiger partial charge in [-0.1, -0.05) is 53.2 Å². The van der Waals surface area contributed by atoms with Gasteiger partial charge in [-0.3, -0.25) is 9.59 Å². The van der Waals surface area contributed by atoms with E-state index in [1.54, 1.807) is 5.57 Å². The molecule has 4 heteroatoms. The zero-order valence-corrected chi connectivity index (χ0v) is 24.1. The number of carboxylic acid groups (broad SMARTS) is 1. The van der Waals surface area contributed by atoms with Crippen LogP contribution in [-0.4, -0.2) is 23.1 Å². The first kappa shape index (κ1) is 26.3. The fraction of sp³-hybridized carbons (Fsp3) is 0.875. The molecule has 0 aromatic heterocycles. The molecule has 0 spiro atoms. The number of carbonyl (C=O) groups excluding carboxylic acids is 1. The van der Waals surface area contributed by atoms with E-state index in [2.05, 4.69) is 47.6 Å². The van der Waals surface area contributed by atoms with Crippen molar-refractivity contribution in [3.05, 3.63) is 11.6 Å². The molecular formula is C32H50O4. The molecule has 5 aliphatic rings. The number of carbonyl (C=O) groups is 2. The second-order valence-electron chi connectivity index (χ2n) is 15.0. The fourth-order valence-corrected chi connectivity index (χ4v) is 11.2. The first-order chi connectivity index (χ1) is 16.6. The van der Waals surface area contributed by atoms with Crippen LogP contribution in [0.3, 0.4) is 0 Å². The van der Waals surface area contributed by atoms with Gasteiger partial charge in [0.25, 0.3) is 0 Å². The molecule has 0 aliphatic heterocycles. The molecule has 202 valence electrons. The van der Waals surface area contributed by atoms with E-state index in [-0.39, 0.29) is 28.1 Å². The normalized spacial score (nSPS) is 54.2. The summed E-state index contributed by atoms with van der Waals surface area (Å²) >= 11 is 0. The van der Waals surface area contributed by atoms with Crippen molar-refractivity contribution in [2.75, 3.05) is 0 Å². The number of ether oxygens (including phenoxy) is 1. The second-order valence-corrected chi connectivity index (χ2v) is 15.0. The Morgan fingerprint density at radius 2 is 1.61 bits per heavy atom. The first-order valence-corrected chi connectivity index (χ1v) is 14.8. The number of hydrogen-bond donors (Lipinski definition) is 1. The SMILES string of the molecule is CC(=O)O[C@H]1CC[C@@]2(C)C(CC[C@]3(C)C2CC=C2C4[C@@H](C)[C@H](C)CC[C@]4(C)CC[C@]23C)[C@@]1(C)C(=O)O. The Morgan fingerprint density at radius 1 is 0.917 bits per heavy atom. The predicted molar refractivity (Wildman–Crippen MR) is 142 cm³/mol. The van der Waals surface area contributed by atoms with Crippen LogP contribution in [0.15, 0.2) is 11.6 Å². The zero-order chi connectivity index (χ0) is 26.5. The number of hydrogen-bond acceptors (Lipinski definition) is 3. The van der Waals surface area contributed by atoms with Gasteiger partial charge in [-0.2, -0.15) is 0 Å². The maximum atomic E-state index is 12.9. The molecule has 0 saturated heterocycles. The molecule has 11 atom stereocenters. The Balaban J connectivity index is 1.57. The van der Waals surface area contributed by atoms with Crippen molar-refractivity contribution in [3.63, 3.8) is 0 Å². The van der Waals surface area contributed by atoms with E-state index in [0.717, 1.165) is 37.5 Å². The molecule has 0 aromatic rings. The zero-order valence-electron chi connectivity index (χ0n) is 24.1. The molecule has 0 amide bonds. The predicted octanol–water partition coefficient (Wildman–Crippen LogP) is 7.66. The van der Waals surface area contributed by atoms with Crippen molar-refractivity contribution >= 4 is 11.9 Å². The quantitative estimate of drug-likeness (QED) is 0.313. The standard InChI is InChI=1S/C32H50O4/c1-19-11-14-28(4)17-18-30(6)22(26(28)20(19)2)9-10-23-29(5)15-13-25(36-21(3)33)32(8,27(34)35)24(29)12-16-31(23,30)7/h9,19-20,23-26H,10-18H2,1-8H3,(H,34,35)/t19-,20+,23?,24?,25+,26?,28-,29-,30-,31-,32-/m1/s1. The third-order valence-electron chi connectivity index (χ3n) is 13.8. The number of aliphatic carboxylic acids is 1. The molecule has 36 heavy (non-hydrogen) atoms. The summed E-state index contributed by atoms with van der Waals surface area (Å²) in [6, 6.07) is 0. The average Bonchev–Trinajstić information content (AvgIpc) is 2.79. The van der Waals surface area contributed by atoms with Crippen LogP contribution in [0.25, 0.3) is 0 Å². The molecule has 0 heterocycles. The molecule has 0 aromatic carbocycles. The highest BCUT2D eigenvalue weighted by Gasteiger charge is 2.70. The monoisotopic (exact) mass is 498 g/mol. The van der Waals surface area contributed by atoms with Gasteiger partial charge in [0.2, 0.25) is 0 Å². The molecule has 4 saturated carbocycles. The van der Waals surface area contributed by atoms with E-state index in [9.17, 15) is 14.7 Å². The minimum atomic E-state index is -1.04. The van der Waals surface area contributed by atoms with Crippen LogP contribution >= 0.6 is 0 Å². The highest BCUT2D eigenvalue weighted by Crippen LogP contribution is 2.75. The molecule has 4 nitrogen and oxygen atoms in total. The van der Waals surface area contributed by atoms with Crippen molar-refractivity contribution in [2.24, 2.45) is 56.7 Å². The average molecular weight is 499 g/mol. The van der Waals surface area contributed by atoms with Gasteiger partial charge >= 0.3 is 11.9 Å². The van der Waals surface area contributed by atoms with Gasteiger partial charge in [-0.05, 0) is 116 Å². The molecular weight excluding hydrogens is 448 g/mol. The molecule has 5 rings (SSSR count). The van der Waals surface area contributed by atoms with Gasteiger partial charge < -0.3 is 9.84 Å². The molecule has 1 N–H and O–H groups in total. The van der Waals surface area contributed by atoms with Crippen LogP contribution in [0.4, 0.5) is 0 Å². The Kier molecular flexibility index (Phi) is 5.91. The van der Waals surface area contributed by atoms with Crippen molar-refractivity contribution in [2.45, 2.75) is 119 Å². The van der Waals surface area contributed by atoms with Gasteiger partial charge in [-0.25, -0.2) is 0 Å². The number of allylic oxidation sites excluding steroid dienone is 2. The van der Waals surface area contributed by atoms with Crippen molar-refractivity contribution < 1.29 is 19.4 Å². The van der Waals surface area contributed by atoms with Crippen molar-refractivity contribution in [1.29, 1.82) is 0 Å². The third kappa shape index (κ3) is 3.17. The second kappa shape index (κ2) is 8.09. The number of esters is 1.